The molecule has 0 heterocycles. The van der Waals surface area contributed by atoms with E-state index in [2.05, 4.69) is 0 Å². The number of ether oxygens (including phenoxy) is 1. The van der Waals surface area contributed by atoms with Gasteiger partial charge >= 0.3 is 11.9 Å². The standard InChI is InChI=1S/C18H31O6P/c1-12(2)10-25(22,23)11-16(18(20)21)17(13(3)24-14(4)19)15-8-6-5-7-9-15/h12-13,15H,5-11H2,1-4H3,(H,20,21)(H,22,23). The minimum Gasteiger partial charge on any atom is -0.478 e. The molecule has 0 aliphatic heterocycles. The number of hydrogen-bond acceptors (Lipinski definition) is 4. The largest absolute Gasteiger partial charge is 0.478 e. The van der Waals surface area contributed by atoms with Gasteiger partial charge in [0.25, 0.3) is 0 Å². The van der Waals surface area contributed by atoms with Crippen LogP contribution in [-0.2, 0) is 18.9 Å². The number of carbonyl (C=O) groups excluding carboxylic acids is 1. The molecule has 2 atom stereocenters. The lowest BCUT2D eigenvalue weighted by Gasteiger charge is -2.30. The number of aliphatic carboxylic acids is 1. The molecule has 0 saturated heterocycles. The monoisotopic (exact) mass is 374 g/mol. The van der Waals surface area contributed by atoms with E-state index in [1.807, 2.05) is 13.8 Å². The summed E-state index contributed by atoms with van der Waals surface area (Å²) in [5.74, 6) is -1.71. The Balaban J connectivity index is 3.30. The molecule has 0 aromatic rings. The fraction of sp³-hybridized carbons (Fsp3) is 0.778. The van der Waals surface area contributed by atoms with Gasteiger partial charge in [-0.25, -0.2) is 4.79 Å². The van der Waals surface area contributed by atoms with E-state index in [1.165, 1.54) is 6.92 Å². The van der Waals surface area contributed by atoms with E-state index >= 15 is 0 Å². The molecule has 0 spiro atoms. The van der Waals surface area contributed by atoms with Gasteiger partial charge in [0.2, 0.25) is 7.37 Å². The number of hydrogen-bond donors (Lipinski definition) is 2. The molecule has 25 heavy (non-hydrogen) atoms. The Morgan fingerprint density at radius 3 is 2.16 bits per heavy atom. The van der Waals surface area contributed by atoms with Crippen molar-refractivity contribution in [2.45, 2.75) is 65.9 Å². The molecular formula is C18H31O6P. The maximum absolute atomic E-state index is 12.5. The molecule has 1 fully saturated rings. The maximum atomic E-state index is 12.5. The molecule has 0 radical (unpaired) electrons. The van der Waals surface area contributed by atoms with Crippen LogP contribution in [0, 0.1) is 11.8 Å². The number of carboxylic acids is 1. The Labute approximate surface area is 150 Å². The summed E-state index contributed by atoms with van der Waals surface area (Å²) in [4.78, 5) is 33.5. The highest BCUT2D eigenvalue weighted by atomic mass is 31.2. The topological polar surface area (TPSA) is 101 Å². The van der Waals surface area contributed by atoms with Crippen LogP contribution in [0.2, 0.25) is 0 Å². The zero-order chi connectivity index (χ0) is 19.2. The van der Waals surface area contributed by atoms with Gasteiger partial charge in [-0.2, -0.15) is 0 Å². The van der Waals surface area contributed by atoms with E-state index in [0.717, 1.165) is 32.1 Å². The van der Waals surface area contributed by atoms with Crippen molar-refractivity contribution >= 4 is 19.3 Å². The number of rotatable bonds is 8. The van der Waals surface area contributed by atoms with Crippen molar-refractivity contribution in [2.75, 3.05) is 12.3 Å². The van der Waals surface area contributed by atoms with Gasteiger partial charge in [0, 0.05) is 18.7 Å². The summed E-state index contributed by atoms with van der Waals surface area (Å²) >= 11 is 0. The van der Waals surface area contributed by atoms with Crippen LogP contribution in [0.3, 0.4) is 0 Å². The predicted octanol–water partition coefficient (Wildman–Crippen LogP) is 3.83. The molecule has 0 aromatic carbocycles. The molecule has 0 bridgehead atoms. The molecule has 1 aliphatic carbocycles. The summed E-state index contributed by atoms with van der Waals surface area (Å²) in [6, 6.07) is 0. The molecule has 6 nitrogen and oxygen atoms in total. The van der Waals surface area contributed by atoms with Gasteiger partial charge < -0.3 is 14.7 Å². The van der Waals surface area contributed by atoms with Crippen LogP contribution >= 0.6 is 7.37 Å². The Hall–Kier alpha value is -1.13. The van der Waals surface area contributed by atoms with Gasteiger partial charge in [0.15, 0.2) is 0 Å². The summed E-state index contributed by atoms with van der Waals surface area (Å²) in [6.07, 6.45) is 3.69. The minimum atomic E-state index is -3.62. The molecule has 0 aromatic heterocycles. The van der Waals surface area contributed by atoms with Crippen molar-refractivity contribution < 1.29 is 28.9 Å². The van der Waals surface area contributed by atoms with E-state index in [9.17, 15) is 24.2 Å². The highest BCUT2D eigenvalue weighted by Gasteiger charge is 2.33. The van der Waals surface area contributed by atoms with Crippen LogP contribution in [0.5, 0.6) is 0 Å². The fourth-order valence-corrected chi connectivity index (χ4v) is 5.80. The molecule has 0 amide bonds. The average molecular weight is 374 g/mol. The van der Waals surface area contributed by atoms with Crippen LogP contribution in [0.15, 0.2) is 11.1 Å². The van der Waals surface area contributed by atoms with Gasteiger partial charge in [-0.3, -0.25) is 9.36 Å². The number of esters is 1. The predicted molar refractivity (Wildman–Crippen MR) is 96.9 cm³/mol. The summed E-state index contributed by atoms with van der Waals surface area (Å²) < 4.78 is 17.8. The molecule has 7 heteroatoms. The van der Waals surface area contributed by atoms with Gasteiger partial charge in [-0.05, 0) is 37.2 Å². The van der Waals surface area contributed by atoms with Crippen LogP contribution in [0.25, 0.3) is 0 Å². The molecule has 1 aliphatic rings. The van der Waals surface area contributed by atoms with E-state index < -0.39 is 25.4 Å². The van der Waals surface area contributed by atoms with E-state index in [1.54, 1.807) is 6.92 Å². The Morgan fingerprint density at radius 1 is 1.16 bits per heavy atom. The maximum Gasteiger partial charge on any atom is 0.332 e. The van der Waals surface area contributed by atoms with Gasteiger partial charge in [-0.1, -0.05) is 33.1 Å². The Morgan fingerprint density at radius 2 is 1.72 bits per heavy atom. The van der Waals surface area contributed by atoms with E-state index in [4.69, 9.17) is 4.74 Å². The lowest BCUT2D eigenvalue weighted by molar-refractivity contribution is -0.144. The van der Waals surface area contributed by atoms with Crippen molar-refractivity contribution in [3.63, 3.8) is 0 Å². The highest BCUT2D eigenvalue weighted by molar-refractivity contribution is 7.58. The lowest BCUT2D eigenvalue weighted by atomic mass is 9.80. The second-order valence-electron chi connectivity index (χ2n) is 7.41. The summed E-state index contributed by atoms with van der Waals surface area (Å²) in [5, 5.41) is 9.72. The third-order valence-corrected chi connectivity index (χ3v) is 6.60. The third-order valence-electron chi connectivity index (χ3n) is 4.49. The summed E-state index contributed by atoms with van der Waals surface area (Å²) in [6.45, 7) is 6.59. The van der Waals surface area contributed by atoms with Crippen LogP contribution in [0.1, 0.15) is 59.8 Å². The van der Waals surface area contributed by atoms with Gasteiger partial charge in [0.05, 0.1) is 6.16 Å². The summed E-state index contributed by atoms with van der Waals surface area (Å²) in [7, 11) is -3.62. The van der Waals surface area contributed by atoms with Gasteiger partial charge in [-0.15, -0.1) is 0 Å². The Bertz CT molecular complexity index is 560. The zero-order valence-corrected chi connectivity index (χ0v) is 16.6. The number of carbonyl (C=O) groups is 2. The number of carboxylic acid groups (broad SMARTS) is 1. The van der Waals surface area contributed by atoms with Crippen molar-refractivity contribution in [1.82, 2.24) is 0 Å². The quantitative estimate of drug-likeness (QED) is 0.380. The normalized spacial score (nSPS) is 20.6. The second-order valence-corrected chi connectivity index (χ2v) is 9.78. The van der Waals surface area contributed by atoms with Crippen LogP contribution in [-0.4, -0.2) is 40.4 Å². The molecule has 2 N–H and O–H groups in total. The van der Waals surface area contributed by atoms with Crippen molar-refractivity contribution in [2.24, 2.45) is 11.8 Å². The van der Waals surface area contributed by atoms with Crippen molar-refractivity contribution in [3.8, 4) is 0 Å². The van der Waals surface area contributed by atoms with Crippen LogP contribution in [0.4, 0.5) is 0 Å². The minimum absolute atomic E-state index is 0.00472. The SMILES string of the molecule is CC(=O)OC(C)C(=C(CP(=O)(O)CC(C)C)C(=O)O)C1CCCCC1. The second kappa shape index (κ2) is 9.54. The highest BCUT2D eigenvalue weighted by Crippen LogP contribution is 2.46. The smallest absolute Gasteiger partial charge is 0.332 e. The molecule has 1 rings (SSSR count). The van der Waals surface area contributed by atoms with Crippen molar-refractivity contribution in [1.29, 1.82) is 0 Å². The summed E-state index contributed by atoms with van der Waals surface area (Å²) in [5.41, 5.74) is 0.465. The lowest BCUT2D eigenvalue weighted by Crippen LogP contribution is -2.27. The van der Waals surface area contributed by atoms with E-state index in [-0.39, 0.29) is 29.7 Å². The van der Waals surface area contributed by atoms with Crippen LogP contribution < -0.4 is 0 Å². The molecular weight excluding hydrogens is 343 g/mol. The van der Waals surface area contributed by atoms with E-state index in [0.29, 0.717) is 5.57 Å². The first-order valence-corrected chi connectivity index (χ1v) is 11.0. The third kappa shape index (κ3) is 7.33. The molecule has 2 unspecified atom stereocenters. The zero-order valence-electron chi connectivity index (χ0n) is 15.7. The molecule has 1 saturated carbocycles. The van der Waals surface area contributed by atoms with Gasteiger partial charge in [0.1, 0.15) is 6.10 Å². The first kappa shape index (κ1) is 21.9. The van der Waals surface area contributed by atoms with Crippen molar-refractivity contribution in [3.05, 3.63) is 11.1 Å². The first-order chi connectivity index (χ1) is 11.5. The average Bonchev–Trinajstić information content (AvgIpc) is 2.45. The first-order valence-electron chi connectivity index (χ1n) is 8.97. The fourth-order valence-electron chi connectivity index (χ4n) is 3.71. The Kier molecular flexibility index (Phi) is 8.36. The molecule has 144 valence electrons.